The summed E-state index contributed by atoms with van der Waals surface area (Å²) in [6, 6.07) is 20.9. The van der Waals surface area contributed by atoms with Crippen LogP contribution in [0.4, 0.5) is 17.2 Å². The Morgan fingerprint density at radius 3 is 2.48 bits per heavy atom. The van der Waals surface area contributed by atoms with Gasteiger partial charge in [0.2, 0.25) is 11.8 Å². The third-order valence-corrected chi connectivity index (χ3v) is 5.17. The Bertz CT molecular complexity index is 1120. The van der Waals surface area contributed by atoms with Gasteiger partial charge in [-0.15, -0.1) is 0 Å². The van der Waals surface area contributed by atoms with Gasteiger partial charge in [0.05, 0.1) is 12.1 Å². The van der Waals surface area contributed by atoms with Crippen LogP contribution in [0, 0.1) is 0 Å². The highest BCUT2D eigenvalue weighted by atomic mass is 16.2. The molecule has 0 unspecified atom stereocenters. The highest BCUT2D eigenvalue weighted by molar-refractivity contribution is 6.18. The van der Waals surface area contributed by atoms with Crippen molar-refractivity contribution in [2.45, 2.75) is 26.2 Å². The lowest BCUT2D eigenvalue weighted by atomic mass is 10.0. The number of aromatic nitrogens is 1. The first-order valence-electron chi connectivity index (χ1n) is 10.3. The molecule has 1 aliphatic heterocycles. The van der Waals surface area contributed by atoms with Crippen molar-refractivity contribution in [2.75, 3.05) is 16.8 Å². The molecule has 2 heterocycles. The lowest BCUT2D eigenvalue weighted by molar-refractivity contribution is -0.120. The summed E-state index contributed by atoms with van der Waals surface area (Å²) in [7, 11) is 0. The number of pyridine rings is 1. The molecule has 2 aromatic carbocycles. The number of hydrogen-bond acceptors (Lipinski definition) is 4. The van der Waals surface area contributed by atoms with E-state index in [1.54, 1.807) is 18.3 Å². The van der Waals surface area contributed by atoms with Crippen LogP contribution in [0.3, 0.4) is 0 Å². The topological polar surface area (TPSA) is 74.7 Å². The molecule has 1 aliphatic rings. The third kappa shape index (κ3) is 4.69. The summed E-state index contributed by atoms with van der Waals surface area (Å²) in [4.78, 5) is 36.3. The van der Waals surface area contributed by atoms with E-state index in [0.717, 1.165) is 5.56 Å². The number of fused-ring (bicyclic) bond motifs is 1. The third-order valence-electron chi connectivity index (χ3n) is 5.17. The number of carbonyl (C=O) groups is 2. The molecule has 0 saturated heterocycles. The minimum Gasteiger partial charge on any atom is -0.325 e. The summed E-state index contributed by atoms with van der Waals surface area (Å²) >= 11 is 0. The smallest absolute Gasteiger partial charge is 0.244 e. The van der Waals surface area contributed by atoms with Gasteiger partial charge in [-0.1, -0.05) is 56.3 Å². The number of nitrogens with one attached hydrogen (secondary N) is 1. The standard InChI is InChI=1S/C25H24N4O2/c1-17(2)18-10-12-20(13-11-18)27-23(30)16-29-24(31)15-22(19-7-4-3-5-8-19)28-21-9-6-14-26-25(21)29/h3-14,17H,15-16H2,1-2H3,(H,27,30). The van der Waals surface area contributed by atoms with Crippen LogP contribution in [-0.4, -0.2) is 29.1 Å². The molecule has 31 heavy (non-hydrogen) atoms. The zero-order chi connectivity index (χ0) is 21.8. The van der Waals surface area contributed by atoms with Crippen molar-refractivity contribution in [3.05, 3.63) is 84.1 Å². The molecule has 0 atom stereocenters. The van der Waals surface area contributed by atoms with Gasteiger partial charge in [-0.3, -0.25) is 14.5 Å². The van der Waals surface area contributed by atoms with Crippen molar-refractivity contribution in [2.24, 2.45) is 4.99 Å². The molecule has 0 fully saturated rings. The Balaban J connectivity index is 1.55. The number of anilines is 2. The van der Waals surface area contributed by atoms with Crippen molar-refractivity contribution >= 4 is 34.7 Å². The second-order valence-electron chi connectivity index (χ2n) is 7.75. The minimum atomic E-state index is -0.287. The SMILES string of the molecule is CC(C)c1ccc(NC(=O)CN2C(=O)CC(c3ccccc3)=Nc3cccnc32)cc1. The second-order valence-corrected chi connectivity index (χ2v) is 7.75. The van der Waals surface area contributed by atoms with Gasteiger partial charge in [0, 0.05) is 11.9 Å². The molecule has 1 N–H and O–H groups in total. The highest BCUT2D eigenvalue weighted by Gasteiger charge is 2.27. The lowest BCUT2D eigenvalue weighted by Gasteiger charge is -2.20. The molecule has 0 bridgehead atoms. The Morgan fingerprint density at radius 1 is 1.03 bits per heavy atom. The maximum absolute atomic E-state index is 13.1. The predicted molar refractivity (Wildman–Crippen MR) is 123 cm³/mol. The molecule has 1 aromatic heterocycles. The van der Waals surface area contributed by atoms with Crippen LogP contribution < -0.4 is 10.2 Å². The molecule has 2 amide bonds. The Hall–Kier alpha value is -3.80. The fourth-order valence-corrected chi connectivity index (χ4v) is 3.48. The quantitative estimate of drug-likeness (QED) is 0.660. The fraction of sp³-hybridized carbons (Fsp3) is 0.200. The van der Waals surface area contributed by atoms with Gasteiger partial charge >= 0.3 is 0 Å². The van der Waals surface area contributed by atoms with Gasteiger partial charge < -0.3 is 5.32 Å². The van der Waals surface area contributed by atoms with Crippen molar-refractivity contribution in [1.29, 1.82) is 0 Å². The molecular formula is C25H24N4O2. The van der Waals surface area contributed by atoms with E-state index >= 15 is 0 Å². The van der Waals surface area contributed by atoms with Crippen molar-refractivity contribution in [3.8, 4) is 0 Å². The zero-order valence-corrected chi connectivity index (χ0v) is 17.6. The van der Waals surface area contributed by atoms with E-state index in [4.69, 9.17) is 0 Å². The van der Waals surface area contributed by atoms with Crippen LogP contribution in [0.1, 0.15) is 37.3 Å². The van der Waals surface area contributed by atoms with Gasteiger partial charge in [0.1, 0.15) is 12.2 Å². The summed E-state index contributed by atoms with van der Waals surface area (Å²) < 4.78 is 0. The fourth-order valence-electron chi connectivity index (χ4n) is 3.48. The average Bonchev–Trinajstić information content (AvgIpc) is 2.91. The zero-order valence-electron chi connectivity index (χ0n) is 17.6. The minimum absolute atomic E-state index is 0.0940. The molecule has 0 aliphatic carbocycles. The van der Waals surface area contributed by atoms with E-state index in [1.807, 2.05) is 54.6 Å². The molecule has 6 heteroatoms. The summed E-state index contributed by atoms with van der Waals surface area (Å²) in [6.07, 6.45) is 1.70. The Labute approximate surface area is 181 Å². The molecule has 6 nitrogen and oxygen atoms in total. The summed E-state index contributed by atoms with van der Waals surface area (Å²) in [5, 5.41) is 2.87. The van der Waals surface area contributed by atoms with Crippen molar-refractivity contribution in [3.63, 3.8) is 0 Å². The van der Waals surface area contributed by atoms with Gasteiger partial charge in [0.15, 0.2) is 5.82 Å². The lowest BCUT2D eigenvalue weighted by Crippen LogP contribution is -2.38. The first kappa shape index (κ1) is 20.5. The molecule has 0 radical (unpaired) electrons. The average molecular weight is 412 g/mol. The number of amides is 2. The second kappa shape index (κ2) is 8.92. The van der Waals surface area contributed by atoms with E-state index < -0.39 is 0 Å². The van der Waals surface area contributed by atoms with Gasteiger partial charge in [-0.2, -0.15) is 0 Å². The monoisotopic (exact) mass is 412 g/mol. The first-order chi connectivity index (χ1) is 15.0. The van der Waals surface area contributed by atoms with Gasteiger partial charge in [0.25, 0.3) is 0 Å². The van der Waals surface area contributed by atoms with Crippen LogP contribution in [0.25, 0.3) is 0 Å². The molecule has 3 aromatic rings. The number of nitrogens with zero attached hydrogens (tertiary/aromatic N) is 3. The number of rotatable bonds is 5. The predicted octanol–water partition coefficient (Wildman–Crippen LogP) is 4.70. The van der Waals surface area contributed by atoms with Crippen LogP contribution in [0.5, 0.6) is 0 Å². The molecular weight excluding hydrogens is 388 g/mol. The first-order valence-corrected chi connectivity index (χ1v) is 10.3. The summed E-state index contributed by atoms with van der Waals surface area (Å²) in [6.45, 7) is 4.11. The van der Waals surface area contributed by atoms with Crippen molar-refractivity contribution in [1.82, 2.24) is 4.98 Å². The largest absolute Gasteiger partial charge is 0.325 e. The van der Waals surface area contributed by atoms with Crippen LogP contribution in [0.2, 0.25) is 0 Å². The van der Waals surface area contributed by atoms with Crippen LogP contribution in [-0.2, 0) is 9.59 Å². The number of aliphatic imine (C=N–C) groups is 1. The van der Waals surface area contributed by atoms with Gasteiger partial charge in [-0.05, 0) is 41.3 Å². The highest BCUT2D eigenvalue weighted by Crippen LogP contribution is 2.30. The van der Waals surface area contributed by atoms with Crippen LogP contribution in [0.15, 0.2) is 77.9 Å². The maximum atomic E-state index is 13.1. The molecule has 0 saturated carbocycles. The van der Waals surface area contributed by atoms with E-state index in [9.17, 15) is 9.59 Å². The summed E-state index contributed by atoms with van der Waals surface area (Å²) in [5.74, 6) is 0.306. The van der Waals surface area contributed by atoms with E-state index in [2.05, 4.69) is 29.1 Å². The van der Waals surface area contributed by atoms with E-state index in [0.29, 0.717) is 28.8 Å². The van der Waals surface area contributed by atoms with Gasteiger partial charge in [-0.25, -0.2) is 9.98 Å². The molecule has 156 valence electrons. The van der Waals surface area contributed by atoms with E-state index in [1.165, 1.54) is 10.5 Å². The van der Waals surface area contributed by atoms with Crippen molar-refractivity contribution < 1.29 is 9.59 Å². The summed E-state index contributed by atoms with van der Waals surface area (Å²) in [5.41, 5.74) is 4.00. The molecule has 0 spiro atoms. The maximum Gasteiger partial charge on any atom is 0.244 e. The van der Waals surface area contributed by atoms with Crippen LogP contribution >= 0.6 is 0 Å². The number of carbonyl (C=O) groups excluding carboxylic acids is 2. The van der Waals surface area contributed by atoms with E-state index in [-0.39, 0.29) is 24.8 Å². The molecule has 4 rings (SSSR count). The Morgan fingerprint density at radius 2 is 1.77 bits per heavy atom. The number of benzene rings is 2. The number of hydrogen-bond donors (Lipinski definition) is 1. The normalized spacial score (nSPS) is 13.5. The Kier molecular flexibility index (Phi) is 5.89.